The molecule has 1 aliphatic heterocycles. The van der Waals surface area contributed by atoms with Gasteiger partial charge in [0.05, 0.1) is 23.8 Å². The fourth-order valence-corrected chi connectivity index (χ4v) is 3.25. The molecule has 0 radical (unpaired) electrons. The summed E-state index contributed by atoms with van der Waals surface area (Å²) in [5, 5.41) is 23.1. The summed E-state index contributed by atoms with van der Waals surface area (Å²) in [4.78, 5) is 13.3. The maximum atomic E-state index is 11.7. The number of nitrogens with zero attached hydrogens (tertiary/aromatic N) is 4. The van der Waals surface area contributed by atoms with E-state index in [1.54, 1.807) is 12.1 Å². The van der Waals surface area contributed by atoms with Crippen molar-refractivity contribution in [1.29, 1.82) is 0 Å². The first kappa shape index (κ1) is 17.5. The molecule has 0 bridgehead atoms. The number of benzene rings is 2. The normalized spacial score (nSPS) is 14.5. The number of hydrogen-bond acceptors (Lipinski definition) is 8. The van der Waals surface area contributed by atoms with Gasteiger partial charge >= 0.3 is 5.69 Å². The van der Waals surface area contributed by atoms with Crippen molar-refractivity contribution < 1.29 is 14.3 Å². The zero-order chi connectivity index (χ0) is 19.0. The minimum Gasteiger partial charge on any atom is -0.378 e. The fourth-order valence-electron chi connectivity index (χ4n) is 3.06. The predicted molar refractivity (Wildman–Crippen MR) is 101 cm³/mol. The number of hydrogen-bond donors (Lipinski definition) is 1. The largest absolute Gasteiger partial charge is 0.378 e. The van der Waals surface area contributed by atoms with E-state index in [0.29, 0.717) is 53.9 Å². The van der Waals surface area contributed by atoms with Crippen LogP contribution in [0.2, 0.25) is 5.02 Å². The Morgan fingerprint density at radius 2 is 1.96 bits per heavy atom. The van der Waals surface area contributed by atoms with Crippen molar-refractivity contribution in [3.05, 3.63) is 45.0 Å². The molecule has 0 saturated carbocycles. The van der Waals surface area contributed by atoms with Gasteiger partial charge in [0.2, 0.25) is 5.52 Å². The Bertz CT molecular complexity index is 1020. The molecule has 1 aromatic heterocycles. The van der Waals surface area contributed by atoms with Crippen molar-refractivity contribution in [3.8, 4) is 0 Å². The van der Waals surface area contributed by atoms with Gasteiger partial charge in [-0.2, -0.15) is 0 Å². The molecule has 2 aromatic carbocycles. The van der Waals surface area contributed by atoms with Gasteiger partial charge in [-0.25, -0.2) is 4.63 Å². The van der Waals surface area contributed by atoms with Crippen LogP contribution in [-0.2, 0) is 4.74 Å². The molecule has 1 fully saturated rings. The van der Waals surface area contributed by atoms with E-state index < -0.39 is 4.92 Å². The number of fused-ring (bicyclic) bond motifs is 1. The van der Waals surface area contributed by atoms with Crippen LogP contribution in [0.15, 0.2) is 28.9 Å². The zero-order valence-corrected chi connectivity index (χ0v) is 15.2. The molecule has 1 saturated heterocycles. The lowest BCUT2D eigenvalue weighted by Gasteiger charge is -2.29. The molecule has 0 amide bonds. The van der Waals surface area contributed by atoms with Gasteiger partial charge in [0, 0.05) is 23.8 Å². The van der Waals surface area contributed by atoms with E-state index in [4.69, 9.17) is 21.0 Å². The number of morpholine rings is 1. The van der Waals surface area contributed by atoms with Crippen molar-refractivity contribution in [2.45, 2.75) is 6.92 Å². The van der Waals surface area contributed by atoms with Crippen molar-refractivity contribution >= 4 is 45.4 Å². The highest BCUT2D eigenvalue weighted by Gasteiger charge is 2.28. The molecule has 1 aliphatic rings. The van der Waals surface area contributed by atoms with Crippen LogP contribution in [0, 0.1) is 17.0 Å². The van der Waals surface area contributed by atoms with Crippen LogP contribution in [0.5, 0.6) is 0 Å². The minimum absolute atomic E-state index is 0.102. The van der Waals surface area contributed by atoms with E-state index in [-0.39, 0.29) is 11.2 Å². The SMILES string of the molecule is Cc1ccc(Nc2cc(N3CCOCC3)c3nonc3c2[N+](=O)[O-])cc1Cl. The second-order valence-electron chi connectivity index (χ2n) is 6.20. The molecular formula is C17H16ClN5O4. The van der Waals surface area contributed by atoms with Gasteiger partial charge in [0.15, 0.2) is 5.52 Å². The third-order valence-electron chi connectivity index (χ3n) is 4.48. The Kier molecular flexibility index (Phi) is 4.54. The molecule has 0 spiro atoms. The van der Waals surface area contributed by atoms with E-state index >= 15 is 0 Å². The summed E-state index contributed by atoms with van der Waals surface area (Å²) in [5.41, 5.74) is 2.82. The summed E-state index contributed by atoms with van der Waals surface area (Å²) in [7, 11) is 0. The fraction of sp³-hybridized carbons (Fsp3) is 0.294. The predicted octanol–water partition coefficient (Wildman–Crippen LogP) is 3.67. The standard InChI is InChI=1S/C17H16ClN5O4/c1-10-2-3-11(8-12(10)18)19-13-9-14(22-4-6-26-7-5-22)15-16(21-27-20-15)17(13)23(24)25/h2-3,8-9,19H,4-7H2,1H3. The first-order valence-corrected chi connectivity index (χ1v) is 8.72. The van der Waals surface area contributed by atoms with Gasteiger partial charge < -0.3 is 15.0 Å². The number of nitrogens with one attached hydrogen (secondary N) is 1. The van der Waals surface area contributed by atoms with Crippen molar-refractivity contribution in [3.63, 3.8) is 0 Å². The molecule has 27 heavy (non-hydrogen) atoms. The molecular weight excluding hydrogens is 374 g/mol. The van der Waals surface area contributed by atoms with Crippen LogP contribution >= 0.6 is 11.6 Å². The Morgan fingerprint density at radius 3 is 2.67 bits per heavy atom. The second kappa shape index (κ2) is 7.01. The van der Waals surface area contributed by atoms with Crippen LogP contribution in [0.4, 0.5) is 22.7 Å². The highest BCUT2D eigenvalue weighted by Crippen LogP contribution is 2.40. The van der Waals surface area contributed by atoms with E-state index in [2.05, 4.69) is 15.6 Å². The Morgan fingerprint density at radius 1 is 1.22 bits per heavy atom. The molecule has 0 atom stereocenters. The number of anilines is 3. The molecule has 0 unspecified atom stereocenters. The maximum absolute atomic E-state index is 11.7. The number of ether oxygens (including phenoxy) is 1. The number of nitro groups is 1. The van der Waals surface area contributed by atoms with Gasteiger partial charge in [-0.05, 0) is 41.0 Å². The average molecular weight is 390 g/mol. The lowest BCUT2D eigenvalue weighted by Crippen LogP contribution is -2.36. The van der Waals surface area contributed by atoms with Crippen LogP contribution in [0.3, 0.4) is 0 Å². The third-order valence-corrected chi connectivity index (χ3v) is 4.88. The van der Waals surface area contributed by atoms with Gasteiger partial charge in [-0.1, -0.05) is 17.7 Å². The van der Waals surface area contributed by atoms with Crippen molar-refractivity contribution in [2.24, 2.45) is 0 Å². The van der Waals surface area contributed by atoms with Gasteiger partial charge in [-0.3, -0.25) is 10.1 Å². The molecule has 2 heterocycles. The average Bonchev–Trinajstić information content (AvgIpc) is 3.13. The smallest absolute Gasteiger partial charge is 0.324 e. The molecule has 1 N–H and O–H groups in total. The van der Waals surface area contributed by atoms with Crippen LogP contribution < -0.4 is 10.2 Å². The highest BCUT2D eigenvalue weighted by molar-refractivity contribution is 6.31. The van der Waals surface area contributed by atoms with Crippen LogP contribution in [0.25, 0.3) is 11.0 Å². The molecule has 3 aromatic rings. The van der Waals surface area contributed by atoms with Gasteiger partial charge in [-0.15, -0.1) is 0 Å². The molecule has 4 rings (SSSR count). The maximum Gasteiger partial charge on any atom is 0.324 e. The van der Waals surface area contributed by atoms with Crippen molar-refractivity contribution in [2.75, 3.05) is 36.5 Å². The lowest BCUT2D eigenvalue weighted by molar-refractivity contribution is -0.382. The zero-order valence-electron chi connectivity index (χ0n) is 14.4. The number of rotatable bonds is 4. The summed E-state index contributed by atoms with van der Waals surface area (Å²) in [5.74, 6) is 0. The highest BCUT2D eigenvalue weighted by atomic mass is 35.5. The third kappa shape index (κ3) is 3.26. The Balaban J connectivity index is 1.85. The second-order valence-corrected chi connectivity index (χ2v) is 6.61. The first-order chi connectivity index (χ1) is 13.0. The number of aromatic nitrogens is 2. The monoisotopic (exact) mass is 389 g/mol. The van der Waals surface area contributed by atoms with E-state index in [1.165, 1.54) is 0 Å². The number of aryl methyl sites for hydroxylation is 1. The minimum atomic E-state index is -0.492. The van der Waals surface area contributed by atoms with Crippen molar-refractivity contribution in [1.82, 2.24) is 10.3 Å². The first-order valence-electron chi connectivity index (χ1n) is 8.34. The van der Waals surface area contributed by atoms with Crippen LogP contribution in [0.1, 0.15) is 5.56 Å². The summed E-state index contributed by atoms with van der Waals surface area (Å²) in [6.45, 7) is 4.32. The summed E-state index contributed by atoms with van der Waals surface area (Å²) >= 11 is 6.18. The van der Waals surface area contributed by atoms with Gasteiger partial charge in [0.25, 0.3) is 0 Å². The molecule has 10 heteroatoms. The summed E-state index contributed by atoms with van der Waals surface area (Å²) in [6, 6.07) is 7.07. The van der Waals surface area contributed by atoms with E-state index in [1.807, 2.05) is 24.0 Å². The van der Waals surface area contributed by atoms with Gasteiger partial charge in [0.1, 0.15) is 5.69 Å². The Labute approximate surface area is 159 Å². The molecule has 0 aliphatic carbocycles. The molecule has 140 valence electrons. The van der Waals surface area contributed by atoms with E-state index in [9.17, 15) is 10.1 Å². The lowest BCUT2D eigenvalue weighted by atomic mass is 10.1. The summed E-state index contributed by atoms with van der Waals surface area (Å²) < 4.78 is 10.2. The van der Waals surface area contributed by atoms with Crippen LogP contribution in [-0.4, -0.2) is 41.5 Å². The molecule has 9 nitrogen and oxygen atoms in total. The number of halogens is 1. The number of nitro benzene ring substituents is 1. The summed E-state index contributed by atoms with van der Waals surface area (Å²) in [6.07, 6.45) is 0. The topological polar surface area (TPSA) is 107 Å². The van der Waals surface area contributed by atoms with E-state index in [0.717, 1.165) is 5.56 Å². The Hall–Kier alpha value is -2.91. The quantitative estimate of drug-likeness (QED) is 0.532.